The van der Waals surface area contributed by atoms with Gasteiger partial charge in [0.2, 0.25) is 0 Å². The van der Waals surface area contributed by atoms with Crippen molar-refractivity contribution in [1.29, 1.82) is 0 Å². The Bertz CT molecular complexity index is 255. The number of hydrogen-bond donors (Lipinski definition) is 1. The normalized spacial score (nSPS) is 18.6. The molecule has 0 spiro atoms. The molecule has 0 radical (unpaired) electrons. The molecule has 126 valence electrons. The maximum Gasteiger partial charge on any atom is 0.0117 e. The first kappa shape index (κ1) is 18.9. The van der Waals surface area contributed by atoms with Crippen LogP contribution in [-0.4, -0.2) is 62.2 Å². The molecule has 0 aliphatic carbocycles. The number of hydrogen-bond acceptors (Lipinski definition) is 3. The quantitative estimate of drug-likeness (QED) is 0.625. The van der Waals surface area contributed by atoms with Gasteiger partial charge in [-0.3, -0.25) is 0 Å². The SMILES string of the molecule is CCCNCC(CC)(CC)CN(C)C1CCN(CC)CC1. The van der Waals surface area contributed by atoms with Gasteiger partial charge >= 0.3 is 0 Å². The number of nitrogens with zero attached hydrogens (tertiary/aromatic N) is 2. The predicted octanol–water partition coefficient (Wildman–Crippen LogP) is 3.21. The zero-order valence-corrected chi connectivity index (χ0v) is 15.2. The minimum atomic E-state index is 0.450. The Labute approximate surface area is 133 Å². The summed E-state index contributed by atoms with van der Waals surface area (Å²) in [5.41, 5.74) is 0.450. The van der Waals surface area contributed by atoms with Gasteiger partial charge in [0.05, 0.1) is 0 Å². The van der Waals surface area contributed by atoms with Gasteiger partial charge in [0, 0.05) is 19.1 Å². The van der Waals surface area contributed by atoms with Crippen molar-refractivity contribution in [3.8, 4) is 0 Å². The molecule has 3 nitrogen and oxygen atoms in total. The van der Waals surface area contributed by atoms with Gasteiger partial charge < -0.3 is 15.1 Å². The molecule has 0 amide bonds. The number of nitrogens with one attached hydrogen (secondary N) is 1. The van der Waals surface area contributed by atoms with Gasteiger partial charge in [0.15, 0.2) is 0 Å². The van der Waals surface area contributed by atoms with E-state index >= 15 is 0 Å². The van der Waals surface area contributed by atoms with Gasteiger partial charge in [0.25, 0.3) is 0 Å². The number of piperidine rings is 1. The van der Waals surface area contributed by atoms with Gasteiger partial charge in [-0.15, -0.1) is 0 Å². The van der Waals surface area contributed by atoms with E-state index < -0.39 is 0 Å². The lowest BCUT2D eigenvalue weighted by Gasteiger charge is -2.42. The van der Waals surface area contributed by atoms with Crippen molar-refractivity contribution < 1.29 is 0 Å². The molecule has 1 fully saturated rings. The zero-order valence-electron chi connectivity index (χ0n) is 15.2. The van der Waals surface area contributed by atoms with Crippen LogP contribution >= 0.6 is 0 Å². The third kappa shape index (κ3) is 5.88. The summed E-state index contributed by atoms with van der Waals surface area (Å²) < 4.78 is 0. The van der Waals surface area contributed by atoms with Gasteiger partial charge in [-0.2, -0.15) is 0 Å². The molecule has 0 unspecified atom stereocenters. The fourth-order valence-electron chi connectivity index (χ4n) is 3.64. The van der Waals surface area contributed by atoms with Crippen LogP contribution in [0.3, 0.4) is 0 Å². The average Bonchev–Trinajstić information content (AvgIpc) is 2.54. The molecule has 0 aromatic carbocycles. The third-order valence-corrected chi connectivity index (χ3v) is 5.64. The second-order valence-electron chi connectivity index (χ2n) is 6.96. The number of likely N-dealkylation sites (tertiary alicyclic amines) is 1. The van der Waals surface area contributed by atoms with Crippen molar-refractivity contribution in [1.82, 2.24) is 15.1 Å². The van der Waals surface area contributed by atoms with Crippen LogP contribution in [0.5, 0.6) is 0 Å². The van der Waals surface area contributed by atoms with Crippen LogP contribution in [-0.2, 0) is 0 Å². The van der Waals surface area contributed by atoms with Crippen molar-refractivity contribution >= 4 is 0 Å². The van der Waals surface area contributed by atoms with Crippen molar-refractivity contribution in [2.75, 3.05) is 46.3 Å². The second-order valence-corrected chi connectivity index (χ2v) is 6.96. The van der Waals surface area contributed by atoms with Crippen LogP contribution in [0, 0.1) is 5.41 Å². The van der Waals surface area contributed by atoms with E-state index in [9.17, 15) is 0 Å². The van der Waals surface area contributed by atoms with E-state index in [1.54, 1.807) is 0 Å². The third-order valence-electron chi connectivity index (χ3n) is 5.64. The minimum absolute atomic E-state index is 0.450. The molecule has 0 saturated carbocycles. The molecule has 1 rings (SSSR count). The monoisotopic (exact) mass is 297 g/mol. The first-order chi connectivity index (χ1) is 10.1. The zero-order chi connectivity index (χ0) is 15.7. The smallest absolute Gasteiger partial charge is 0.0117 e. The summed E-state index contributed by atoms with van der Waals surface area (Å²) in [7, 11) is 2.35. The lowest BCUT2D eigenvalue weighted by molar-refractivity contribution is 0.0809. The molecular formula is C18H39N3. The Kier molecular flexibility index (Phi) is 8.84. The molecule has 0 aromatic rings. The first-order valence-corrected chi connectivity index (χ1v) is 9.24. The Hall–Kier alpha value is -0.120. The highest BCUT2D eigenvalue weighted by Crippen LogP contribution is 2.28. The molecule has 0 bridgehead atoms. The molecule has 3 heteroatoms. The van der Waals surface area contributed by atoms with E-state index in [0.29, 0.717) is 5.41 Å². The van der Waals surface area contributed by atoms with Crippen LogP contribution in [0.15, 0.2) is 0 Å². The molecule has 1 aliphatic rings. The molecule has 0 atom stereocenters. The highest BCUT2D eigenvalue weighted by molar-refractivity contribution is 4.86. The molecular weight excluding hydrogens is 258 g/mol. The standard InChI is InChI=1S/C18H39N3/c1-6-12-19-15-18(7-2,8-3)16-20(5)17-10-13-21(9-4)14-11-17/h17,19H,6-16H2,1-5H3. The van der Waals surface area contributed by atoms with Gasteiger partial charge in [-0.1, -0.05) is 27.7 Å². The van der Waals surface area contributed by atoms with Crippen LogP contribution < -0.4 is 5.32 Å². The topological polar surface area (TPSA) is 18.5 Å². The molecule has 1 heterocycles. The minimum Gasteiger partial charge on any atom is -0.316 e. The summed E-state index contributed by atoms with van der Waals surface area (Å²) in [5.74, 6) is 0. The van der Waals surface area contributed by atoms with E-state index in [4.69, 9.17) is 0 Å². The summed E-state index contributed by atoms with van der Waals surface area (Å²) in [6.45, 7) is 16.6. The van der Waals surface area contributed by atoms with Crippen molar-refractivity contribution in [3.05, 3.63) is 0 Å². The number of rotatable bonds is 10. The summed E-state index contributed by atoms with van der Waals surface area (Å²) in [4.78, 5) is 5.24. The van der Waals surface area contributed by atoms with E-state index in [1.165, 1.54) is 64.8 Å². The summed E-state index contributed by atoms with van der Waals surface area (Å²) in [5, 5.41) is 3.67. The lowest BCUT2D eigenvalue weighted by atomic mass is 9.81. The summed E-state index contributed by atoms with van der Waals surface area (Å²) in [6, 6.07) is 0.788. The maximum absolute atomic E-state index is 3.67. The van der Waals surface area contributed by atoms with E-state index in [2.05, 4.69) is 49.9 Å². The van der Waals surface area contributed by atoms with Crippen molar-refractivity contribution in [2.45, 2.75) is 65.8 Å². The predicted molar refractivity (Wildman–Crippen MR) is 93.9 cm³/mol. The molecule has 1 aliphatic heterocycles. The van der Waals surface area contributed by atoms with Crippen LogP contribution in [0.25, 0.3) is 0 Å². The summed E-state index contributed by atoms with van der Waals surface area (Å²) in [6.07, 6.45) is 6.47. The van der Waals surface area contributed by atoms with E-state index in [-0.39, 0.29) is 0 Å². The van der Waals surface area contributed by atoms with Gasteiger partial charge in [0.1, 0.15) is 0 Å². The van der Waals surface area contributed by atoms with Gasteiger partial charge in [-0.05, 0) is 70.7 Å². The van der Waals surface area contributed by atoms with Gasteiger partial charge in [-0.25, -0.2) is 0 Å². The highest BCUT2D eigenvalue weighted by Gasteiger charge is 2.30. The summed E-state index contributed by atoms with van der Waals surface area (Å²) >= 11 is 0. The van der Waals surface area contributed by atoms with E-state index in [0.717, 1.165) is 12.6 Å². The van der Waals surface area contributed by atoms with Crippen LogP contribution in [0.2, 0.25) is 0 Å². The van der Waals surface area contributed by atoms with E-state index in [1.807, 2.05) is 0 Å². The first-order valence-electron chi connectivity index (χ1n) is 9.24. The average molecular weight is 298 g/mol. The Morgan fingerprint density at radius 3 is 2.19 bits per heavy atom. The van der Waals surface area contributed by atoms with Crippen LogP contribution in [0.1, 0.15) is 59.8 Å². The Balaban J connectivity index is 2.49. The van der Waals surface area contributed by atoms with Crippen molar-refractivity contribution in [3.63, 3.8) is 0 Å². The van der Waals surface area contributed by atoms with Crippen LogP contribution in [0.4, 0.5) is 0 Å². The van der Waals surface area contributed by atoms with Crippen molar-refractivity contribution in [2.24, 2.45) is 5.41 Å². The molecule has 1 saturated heterocycles. The molecule has 1 N–H and O–H groups in total. The molecule has 0 aromatic heterocycles. The fourth-order valence-corrected chi connectivity index (χ4v) is 3.64. The second kappa shape index (κ2) is 9.81. The fraction of sp³-hybridized carbons (Fsp3) is 1.00. The largest absolute Gasteiger partial charge is 0.316 e. The lowest BCUT2D eigenvalue weighted by Crippen LogP contribution is -2.49. The Morgan fingerprint density at radius 2 is 1.71 bits per heavy atom. The highest BCUT2D eigenvalue weighted by atomic mass is 15.2. The maximum atomic E-state index is 3.67. The Morgan fingerprint density at radius 1 is 1.10 bits per heavy atom. The molecule has 21 heavy (non-hydrogen) atoms.